The van der Waals surface area contributed by atoms with Crippen LogP contribution < -0.4 is 10.2 Å². The van der Waals surface area contributed by atoms with Crippen molar-refractivity contribution < 1.29 is 9.59 Å². The first-order valence-corrected chi connectivity index (χ1v) is 11.7. The second kappa shape index (κ2) is 9.84. The van der Waals surface area contributed by atoms with Crippen LogP contribution >= 0.6 is 11.8 Å². The molecule has 1 aliphatic heterocycles. The predicted octanol–water partition coefficient (Wildman–Crippen LogP) is 5.60. The van der Waals surface area contributed by atoms with Gasteiger partial charge in [-0.2, -0.15) is 0 Å². The van der Waals surface area contributed by atoms with E-state index in [0.717, 1.165) is 35.3 Å². The van der Waals surface area contributed by atoms with Gasteiger partial charge in [-0.05, 0) is 53.8 Å². The third-order valence-corrected chi connectivity index (χ3v) is 6.67. The Morgan fingerprint density at radius 2 is 1.68 bits per heavy atom. The van der Waals surface area contributed by atoms with Gasteiger partial charge in [0.25, 0.3) is 0 Å². The van der Waals surface area contributed by atoms with E-state index in [-0.39, 0.29) is 17.2 Å². The molecule has 0 unspecified atom stereocenters. The van der Waals surface area contributed by atoms with Gasteiger partial charge in [0.15, 0.2) is 0 Å². The van der Waals surface area contributed by atoms with E-state index >= 15 is 0 Å². The zero-order valence-corrected chi connectivity index (χ0v) is 18.4. The smallest absolute Gasteiger partial charge is 0.238 e. The number of amides is 2. The normalized spacial score (nSPS) is 15.8. The van der Waals surface area contributed by atoms with E-state index in [1.807, 2.05) is 71.6 Å². The number of hydrogen-bond donors (Lipinski definition) is 1. The molecule has 158 valence electrons. The lowest BCUT2D eigenvalue weighted by Crippen LogP contribution is -2.27. The summed E-state index contributed by atoms with van der Waals surface area (Å²) in [6.45, 7) is 2.12. The molecular formula is C26H26N2O2S. The number of carbonyl (C=O) groups is 2. The zero-order chi connectivity index (χ0) is 21.6. The van der Waals surface area contributed by atoms with Gasteiger partial charge in [0.1, 0.15) is 5.37 Å². The summed E-state index contributed by atoms with van der Waals surface area (Å²) in [5.74, 6) is 0.593. The van der Waals surface area contributed by atoms with Crippen molar-refractivity contribution in [2.24, 2.45) is 0 Å². The van der Waals surface area contributed by atoms with Gasteiger partial charge < -0.3 is 5.32 Å². The van der Waals surface area contributed by atoms with Crippen LogP contribution in [0.3, 0.4) is 0 Å². The molecule has 5 heteroatoms. The Morgan fingerprint density at radius 1 is 0.968 bits per heavy atom. The standard InChI is InChI=1S/C26H26N2O2S/c1-2-19-8-15-23(16-9-19)28-25(30)18-31-26(28)21-11-13-22(14-12-21)27-24(29)17-10-20-6-4-3-5-7-20/h3-9,11-16,26H,2,10,17-18H2,1H3,(H,27,29)/t26-/m1/s1. The lowest BCUT2D eigenvalue weighted by molar-refractivity contribution is -0.116. The van der Waals surface area contributed by atoms with E-state index in [9.17, 15) is 9.59 Å². The molecule has 0 spiro atoms. The Bertz CT molecular complexity index is 1030. The van der Waals surface area contributed by atoms with Crippen LogP contribution in [0, 0.1) is 0 Å². The van der Waals surface area contributed by atoms with E-state index in [2.05, 4.69) is 24.4 Å². The fraction of sp³-hybridized carbons (Fsp3) is 0.231. The van der Waals surface area contributed by atoms with Crippen molar-refractivity contribution in [2.75, 3.05) is 16.0 Å². The maximum Gasteiger partial charge on any atom is 0.238 e. The molecule has 0 radical (unpaired) electrons. The molecule has 0 bridgehead atoms. The molecule has 0 aromatic heterocycles. The van der Waals surface area contributed by atoms with Crippen LogP contribution in [0.5, 0.6) is 0 Å². The number of carbonyl (C=O) groups excluding carboxylic acids is 2. The minimum absolute atomic E-state index is 0.000312. The van der Waals surface area contributed by atoms with Crippen LogP contribution in [0.15, 0.2) is 78.9 Å². The Hall–Kier alpha value is -3.05. The highest BCUT2D eigenvalue weighted by Gasteiger charge is 2.33. The van der Waals surface area contributed by atoms with Crippen LogP contribution in [0.2, 0.25) is 0 Å². The molecule has 1 N–H and O–H groups in total. The van der Waals surface area contributed by atoms with Crippen LogP contribution in [0.1, 0.15) is 35.4 Å². The fourth-order valence-electron chi connectivity index (χ4n) is 3.70. The van der Waals surface area contributed by atoms with Gasteiger partial charge in [0.2, 0.25) is 11.8 Å². The SMILES string of the molecule is CCc1ccc(N2C(=O)CS[C@@H]2c2ccc(NC(=O)CCc3ccccc3)cc2)cc1. The number of nitrogens with zero attached hydrogens (tertiary/aromatic N) is 1. The average molecular weight is 431 g/mol. The van der Waals surface area contributed by atoms with Crippen molar-refractivity contribution in [3.8, 4) is 0 Å². The molecule has 1 atom stereocenters. The summed E-state index contributed by atoms with van der Waals surface area (Å²) in [7, 11) is 0. The molecule has 1 fully saturated rings. The quantitative estimate of drug-likeness (QED) is 0.531. The van der Waals surface area contributed by atoms with Gasteiger partial charge in [0, 0.05) is 17.8 Å². The van der Waals surface area contributed by atoms with Gasteiger partial charge in [-0.25, -0.2) is 0 Å². The van der Waals surface area contributed by atoms with Crippen molar-refractivity contribution >= 4 is 35.0 Å². The fourth-order valence-corrected chi connectivity index (χ4v) is 4.88. The highest BCUT2D eigenvalue weighted by molar-refractivity contribution is 8.00. The third-order valence-electron chi connectivity index (χ3n) is 5.45. The molecule has 3 aromatic rings. The van der Waals surface area contributed by atoms with E-state index < -0.39 is 0 Å². The van der Waals surface area contributed by atoms with Crippen molar-refractivity contribution in [3.05, 3.63) is 95.6 Å². The van der Waals surface area contributed by atoms with Gasteiger partial charge >= 0.3 is 0 Å². The third kappa shape index (κ3) is 5.17. The Labute approximate surface area is 187 Å². The molecule has 4 rings (SSSR count). The molecule has 0 aliphatic carbocycles. The summed E-state index contributed by atoms with van der Waals surface area (Å²) in [5, 5.41) is 2.92. The second-order valence-corrected chi connectivity index (χ2v) is 8.67. The van der Waals surface area contributed by atoms with Crippen LogP contribution in [-0.2, 0) is 22.4 Å². The molecule has 0 saturated carbocycles. The summed E-state index contributed by atoms with van der Waals surface area (Å²) < 4.78 is 0. The number of thioether (sulfide) groups is 1. The molecule has 31 heavy (non-hydrogen) atoms. The minimum Gasteiger partial charge on any atom is -0.326 e. The van der Waals surface area contributed by atoms with Crippen LogP contribution in [0.4, 0.5) is 11.4 Å². The number of hydrogen-bond acceptors (Lipinski definition) is 3. The number of anilines is 2. The summed E-state index contributed by atoms with van der Waals surface area (Å²) in [6, 6.07) is 26.0. The van der Waals surface area contributed by atoms with Gasteiger partial charge in [-0.15, -0.1) is 11.8 Å². The molecule has 4 nitrogen and oxygen atoms in total. The van der Waals surface area contributed by atoms with Gasteiger partial charge in [-0.1, -0.05) is 61.5 Å². The topological polar surface area (TPSA) is 49.4 Å². The Balaban J connectivity index is 1.40. The van der Waals surface area contributed by atoms with Crippen molar-refractivity contribution in [3.63, 3.8) is 0 Å². The highest BCUT2D eigenvalue weighted by Crippen LogP contribution is 2.42. The lowest BCUT2D eigenvalue weighted by atomic mass is 10.1. The molecule has 3 aromatic carbocycles. The minimum atomic E-state index is -0.0530. The lowest BCUT2D eigenvalue weighted by Gasteiger charge is -2.24. The molecule has 1 saturated heterocycles. The Morgan fingerprint density at radius 3 is 2.35 bits per heavy atom. The molecule has 1 aliphatic rings. The maximum atomic E-state index is 12.6. The summed E-state index contributed by atoms with van der Waals surface area (Å²) in [6.07, 6.45) is 2.14. The van der Waals surface area contributed by atoms with Gasteiger partial charge in [-0.3, -0.25) is 14.5 Å². The number of aryl methyl sites for hydroxylation is 2. The van der Waals surface area contributed by atoms with Crippen LogP contribution in [-0.4, -0.2) is 17.6 Å². The first-order valence-electron chi connectivity index (χ1n) is 10.6. The van der Waals surface area contributed by atoms with Crippen molar-refractivity contribution in [1.82, 2.24) is 0 Å². The largest absolute Gasteiger partial charge is 0.326 e. The monoisotopic (exact) mass is 430 g/mol. The van der Waals surface area contributed by atoms with E-state index in [4.69, 9.17) is 0 Å². The molecular weight excluding hydrogens is 404 g/mol. The summed E-state index contributed by atoms with van der Waals surface area (Å²) in [5.41, 5.74) is 5.16. The van der Waals surface area contributed by atoms with E-state index in [0.29, 0.717) is 12.2 Å². The highest BCUT2D eigenvalue weighted by atomic mass is 32.2. The van der Waals surface area contributed by atoms with Crippen molar-refractivity contribution in [1.29, 1.82) is 0 Å². The first kappa shape index (κ1) is 21.2. The molecule has 1 heterocycles. The summed E-state index contributed by atoms with van der Waals surface area (Å²) in [4.78, 5) is 26.7. The van der Waals surface area contributed by atoms with Crippen molar-refractivity contribution in [2.45, 2.75) is 31.6 Å². The summed E-state index contributed by atoms with van der Waals surface area (Å²) >= 11 is 1.63. The zero-order valence-electron chi connectivity index (χ0n) is 17.6. The second-order valence-electron chi connectivity index (χ2n) is 7.60. The van der Waals surface area contributed by atoms with E-state index in [1.165, 1.54) is 5.56 Å². The van der Waals surface area contributed by atoms with Gasteiger partial charge in [0.05, 0.1) is 5.75 Å². The Kier molecular flexibility index (Phi) is 6.73. The first-order chi connectivity index (χ1) is 15.1. The average Bonchev–Trinajstić information content (AvgIpc) is 3.20. The number of benzene rings is 3. The molecule has 2 amide bonds. The van der Waals surface area contributed by atoms with Crippen LogP contribution in [0.25, 0.3) is 0 Å². The predicted molar refractivity (Wildman–Crippen MR) is 128 cm³/mol. The number of nitrogens with one attached hydrogen (secondary N) is 1. The number of rotatable bonds is 7. The maximum absolute atomic E-state index is 12.6. The van der Waals surface area contributed by atoms with E-state index in [1.54, 1.807) is 11.8 Å².